The Hall–Kier alpha value is -2.37. The first-order valence-corrected chi connectivity index (χ1v) is 7.83. The molecular weight excluding hydrogens is 296 g/mol. The van der Waals surface area contributed by atoms with Crippen molar-refractivity contribution >= 4 is 17.8 Å². The molecule has 1 aliphatic rings. The van der Waals surface area contributed by atoms with Crippen LogP contribution >= 0.6 is 0 Å². The summed E-state index contributed by atoms with van der Waals surface area (Å²) in [7, 11) is 0. The van der Waals surface area contributed by atoms with E-state index in [9.17, 15) is 19.5 Å². The number of hydrogen-bond acceptors (Lipinski definition) is 3. The molecule has 2 amide bonds. The molecule has 0 aromatic heterocycles. The molecule has 0 atom stereocenters. The topological polar surface area (TPSA) is 109 Å². The molecule has 0 aliphatic heterocycles. The lowest BCUT2D eigenvalue weighted by atomic mass is 9.75. The van der Waals surface area contributed by atoms with Crippen LogP contribution in [0, 0.1) is 5.92 Å². The molecule has 0 unspecified atom stereocenters. The molecule has 0 bridgehead atoms. The van der Waals surface area contributed by atoms with Crippen LogP contribution in [0.2, 0.25) is 0 Å². The van der Waals surface area contributed by atoms with Gasteiger partial charge in [0.2, 0.25) is 5.91 Å². The van der Waals surface area contributed by atoms with Gasteiger partial charge in [-0.05, 0) is 49.8 Å². The van der Waals surface area contributed by atoms with Crippen LogP contribution in [-0.2, 0) is 4.79 Å². The lowest BCUT2D eigenvalue weighted by molar-refractivity contribution is -0.146. The molecule has 2 rings (SSSR count). The Morgan fingerprint density at radius 3 is 2.39 bits per heavy atom. The highest BCUT2D eigenvalue weighted by Gasteiger charge is 2.43. The predicted octanol–water partition coefficient (Wildman–Crippen LogP) is 1.94. The molecule has 0 saturated heterocycles. The van der Waals surface area contributed by atoms with E-state index in [-0.39, 0.29) is 11.1 Å². The maximum Gasteiger partial charge on any atom is 0.329 e. The molecule has 0 radical (unpaired) electrons. The first-order chi connectivity index (χ1) is 10.9. The SMILES string of the molecule is CCC1CCC(NC(=O)c2cccc(C(N)=O)c2)(C(=O)O)CC1. The van der Waals surface area contributed by atoms with Crippen molar-refractivity contribution in [2.24, 2.45) is 11.7 Å². The summed E-state index contributed by atoms with van der Waals surface area (Å²) in [5.74, 6) is -1.62. The van der Waals surface area contributed by atoms with Crippen molar-refractivity contribution in [2.75, 3.05) is 0 Å². The predicted molar refractivity (Wildman–Crippen MR) is 85.0 cm³/mol. The summed E-state index contributed by atoms with van der Waals surface area (Å²) in [4.78, 5) is 35.3. The highest BCUT2D eigenvalue weighted by molar-refractivity contribution is 6.01. The van der Waals surface area contributed by atoms with Gasteiger partial charge in [0, 0.05) is 11.1 Å². The summed E-state index contributed by atoms with van der Waals surface area (Å²) in [6.45, 7) is 2.09. The first kappa shape index (κ1) is 17.0. The molecule has 0 heterocycles. The third-order valence-electron chi connectivity index (χ3n) is 4.71. The van der Waals surface area contributed by atoms with E-state index in [4.69, 9.17) is 5.73 Å². The van der Waals surface area contributed by atoms with Crippen LogP contribution in [0.5, 0.6) is 0 Å². The number of carbonyl (C=O) groups is 3. The average Bonchev–Trinajstić information content (AvgIpc) is 2.55. The number of hydrogen-bond donors (Lipinski definition) is 3. The van der Waals surface area contributed by atoms with Crippen molar-refractivity contribution in [3.05, 3.63) is 35.4 Å². The Morgan fingerprint density at radius 1 is 1.26 bits per heavy atom. The van der Waals surface area contributed by atoms with Gasteiger partial charge in [-0.15, -0.1) is 0 Å². The lowest BCUT2D eigenvalue weighted by Crippen LogP contribution is -2.56. The van der Waals surface area contributed by atoms with Crippen LogP contribution in [0.4, 0.5) is 0 Å². The highest BCUT2D eigenvalue weighted by atomic mass is 16.4. The van der Waals surface area contributed by atoms with Gasteiger partial charge in [0.1, 0.15) is 5.54 Å². The van der Waals surface area contributed by atoms with Crippen LogP contribution in [0.1, 0.15) is 59.7 Å². The van der Waals surface area contributed by atoms with E-state index in [0.29, 0.717) is 18.8 Å². The zero-order chi connectivity index (χ0) is 17.0. The maximum atomic E-state index is 12.4. The lowest BCUT2D eigenvalue weighted by Gasteiger charge is -2.37. The number of carboxylic acid groups (broad SMARTS) is 1. The van der Waals surface area contributed by atoms with Crippen molar-refractivity contribution in [2.45, 2.75) is 44.6 Å². The second-order valence-electron chi connectivity index (χ2n) is 6.14. The summed E-state index contributed by atoms with van der Waals surface area (Å²) < 4.78 is 0. The number of aliphatic carboxylic acids is 1. The van der Waals surface area contributed by atoms with E-state index < -0.39 is 23.3 Å². The molecule has 1 aromatic rings. The standard InChI is InChI=1S/C17H22N2O4/c1-2-11-6-8-17(9-7-11,16(22)23)19-15(21)13-5-3-4-12(10-13)14(18)20/h3-5,10-11H,2,6-9H2,1H3,(H2,18,20)(H,19,21)(H,22,23). The Morgan fingerprint density at radius 2 is 1.87 bits per heavy atom. The summed E-state index contributed by atoms with van der Waals surface area (Å²) >= 11 is 0. The number of carboxylic acids is 1. The van der Waals surface area contributed by atoms with Crippen LogP contribution in [0.25, 0.3) is 0 Å². The minimum Gasteiger partial charge on any atom is -0.480 e. The molecule has 1 aliphatic carbocycles. The fraction of sp³-hybridized carbons (Fsp3) is 0.471. The number of amides is 2. The Balaban J connectivity index is 2.17. The average molecular weight is 318 g/mol. The summed E-state index contributed by atoms with van der Waals surface area (Å²) in [6, 6.07) is 5.98. The summed E-state index contributed by atoms with van der Waals surface area (Å²) in [5.41, 5.74) is 4.43. The molecule has 0 spiro atoms. The van der Waals surface area contributed by atoms with Crippen LogP contribution in [0.15, 0.2) is 24.3 Å². The van der Waals surface area contributed by atoms with Gasteiger partial charge in [0.05, 0.1) is 0 Å². The molecule has 6 nitrogen and oxygen atoms in total. The summed E-state index contributed by atoms with van der Waals surface area (Å²) in [5, 5.41) is 12.3. The largest absolute Gasteiger partial charge is 0.480 e. The number of benzene rings is 1. The fourth-order valence-corrected chi connectivity index (χ4v) is 3.07. The van der Waals surface area contributed by atoms with Gasteiger partial charge in [-0.3, -0.25) is 9.59 Å². The van der Waals surface area contributed by atoms with Gasteiger partial charge in [0.15, 0.2) is 0 Å². The number of rotatable bonds is 5. The van der Waals surface area contributed by atoms with E-state index in [1.54, 1.807) is 6.07 Å². The monoisotopic (exact) mass is 318 g/mol. The third-order valence-corrected chi connectivity index (χ3v) is 4.71. The Labute approximate surface area is 135 Å². The fourth-order valence-electron chi connectivity index (χ4n) is 3.07. The van der Waals surface area contributed by atoms with Gasteiger partial charge < -0.3 is 16.2 Å². The molecule has 1 fully saturated rings. The van der Waals surface area contributed by atoms with Crippen molar-refractivity contribution in [1.29, 1.82) is 0 Å². The molecule has 1 aromatic carbocycles. The van der Waals surface area contributed by atoms with Crippen molar-refractivity contribution in [1.82, 2.24) is 5.32 Å². The van der Waals surface area contributed by atoms with Crippen LogP contribution < -0.4 is 11.1 Å². The highest BCUT2D eigenvalue weighted by Crippen LogP contribution is 2.34. The van der Waals surface area contributed by atoms with Gasteiger partial charge in [-0.25, -0.2) is 4.79 Å². The number of nitrogens with one attached hydrogen (secondary N) is 1. The van der Waals surface area contributed by atoms with E-state index >= 15 is 0 Å². The molecule has 23 heavy (non-hydrogen) atoms. The van der Waals surface area contributed by atoms with Gasteiger partial charge in [-0.2, -0.15) is 0 Å². The molecule has 6 heteroatoms. The molecule has 1 saturated carbocycles. The van der Waals surface area contributed by atoms with E-state index in [1.807, 2.05) is 0 Å². The zero-order valence-corrected chi connectivity index (χ0v) is 13.2. The van der Waals surface area contributed by atoms with Crippen molar-refractivity contribution < 1.29 is 19.5 Å². The second-order valence-corrected chi connectivity index (χ2v) is 6.14. The maximum absolute atomic E-state index is 12.4. The zero-order valence-electron chi connectivity index (χ0n) is 13.2. The number of primary amides is 1. The van der Waals surface area contributed by atoms with Crippen LogP contribution in [0.3, 0.4) is 0 Å². The molecule has 124 valence electrons. The van der Waals surface area contributed by atoms with Gasteiger partial charge in [0.25, 0.3) is 5.91 Å². The van der Waals surface area contributed by atoms with Gasteiger partial charge >= 0.3 is 5.97 Å². The minimum atomic E-state index is -1.23. The molecule has 4 N–H and O–H groups in total. The van der Waals surface area contributed by atoms with E-state index in [2.05, 4.69) is 12.2 Å². The number of nitrogens with two attached hydrogens (primary N) is 1. The Bertz CT molecular complexity index is 619. The van der Waals surface area contributed by atoms with Crippen LogP contribution in [-0.4, -0.2) is 28.4 Å². The minimum absolute atomic E-state index is 0.219. The first-order valence-electron chi connectivity index (χ1n) is 7.83. The number of carbonyl (C=O) groups excluding carboxylic acids is 2. The van der Waals surface area contributed by atoms with E-state index in [1.165, 1.54) is 18.2 Å². The van der Waals surface area contributed by atoms with Crippen molar-refractivity contribution in [3.8, 4) is 0 Å². The van der Waals surface area contributed by atoms with Gasteiger partial charge in [-0.1, -0.05) is 19.4 Å². The smallest absolute Gasteiger partial charge is 0.329 e. The second kappa shape index (κ2) is 6.81. The van der Waals surface area contributed by atoms with Crippen molar-refractivity contribution in [3.63, 3.8) is 0 Å². The Kier molecular flexibility index (Phi) is 5.03. The normalized spacial score (nSPS) is 24.0. The third kappa shape index (κ3) is 3.70. The summed E-state index contributed by atoms with van der Waals surface area (Å²) in [6.07, 6.45) is 3.42. The molecular formula is C17H22N2O4. The van der Waals surface area contributed by atoms with E-state index in [0.717, 1.165) is 19.3 Å². The quantitative estimate of drug-likeness (QED) is 0.770.